The number of carbonyl (C=O) groups excluding carboxylic acids is 1. The summed E-state index contributed by atoms with van der Waals surface area (Å²) in [6, 6.07) is 8.89. The van der Waals surface area contributed by atoms with Crippen molar-refractivity contribution >= 4 is 40.5 Å². The Labute approximate surface area is 198 Å². The van der Waals surface area contributed by atoms with Crippen LogP contribution in [0.1, 0.15) is 11.1 Å². The first-order valence-corrected chi connectivity index (χ1v) is 10.5. The van der Waals surface area contributed by atoms with Gasteiger partial charge in [0.15, 0.2) is 0 Å². The number of hydrogen-bond acceptors (Lipinski definition) is 6. The molecule has 0 aromatic heterocycles. The first kappa shape index (κ1) is 25.0. The minimum Gasteiger partial charge on any atom is -0.394 e. The number of benzene rings is 2. The number of hydrogen-bond donors (Lipinski definition) is 5. The van der Waals surface area contributed by atoms with Gasteiger partial charge in [-0.2, -0.15) is 13.2 Å². The van der Waals surface area contributed by atoms with Crippen molar-refractivity contribution in [3.8, 4) is 0 Å². The summed E-state index contributed by atoms with van der Waals surface area (Å²) in [5, 5.41) is 10.0. The van der Waals surface area contributed by atoms with Crippen molar-refractivity contribution in [3.63, 3.8) is 0 Å². The molecule has 0 atom stereocenters. The lowest BCUT2D eigenvalue weighted by molar-refractivity contribution is -0.137. The molecule has 0 spiro atoms. The Bertz CT molecular complexity index is 1080. The number of nitrogens with two attached hydrogens (primary N) is 2. The van der Waals surface area contributed by atoms with E-state index in [9.17, 15) is 18.0 Å². The first-order chi connectivity index (χ1) is 15.6. The predicted octanol–water partition coefficient (Wildman–Crippen LogP) is 2.90. The highest BCUT2D eigenvalue weighted by Gasteiger charge is 2.30. The molecule has 12 heteroatoms. The molecule has 3 rings (SSSR count). The number of aliphatic imine (C=N–C) groups is 1. The molecule has 1 heterocycles. The third-order valence-corrected chi connectivity index (χ3v) is 5.35. The van der Waals surface area contributed by atoms with Crippen LogP contribution in [0, 0.1) is 0 Å². The van der Waals surface area contributed by atoms with Crippen molar-refractivity contribution in [2.24, 2.45) is 16.5 Å². The largest absolute Gasteiger partial charge is 0.416 e. The summed E-state index contributed by atoms with van der Waals surface area (Å²) in [7, 11) is 0. The molecular formula is C21H21Cl2F3N6O. The number of carbonyl (C=O) groups is 1. The van der Waals surface area contributed by atoms with Gasteiger partial charge in [0.1, 0.15) is 12.0 Å². The lowest BCUT2D eigenvalue weighted by Crippen LogP contribution is -2.47. The van der Waals surface area contributed by atoms with Crippen molar-refractivity contribution in [1.29, 1.82) is 0 Å². The van der Waals surface area contributed by atoms with E-state index in [0.29, 0.717) is 5.02 Å². The molecule has 1 amide bonds. The fraction of sp³-hybridized carbons (Fsp3) is 0.238. The molecule has 1 saturated heterocycles. The van der Waals surface area contributed by atoms with E-state index < -0.39 is 17.6 Å². The van der Waals surface area contributed by atoms with E-state index in [-0.39, 0.29) is 46.1 Å². The van der Waals surface area contributed by atoms with E-state index in [1.807, 2.05) is 0 Å². The summed E-state index contributed by atoms with van der Waals surface area (Å²) in [4.78, 5) is 16.5. The van der Waals surface area contributed by atoms with E-state index in [1.165, 1.54) is 18.2 Å². The summed E-state index contributed by atoms with van der Waals surface area (Å²) < 4.78 is 39.2. The zero-order valence-electron chi connectivity index (χ0n) is 17.1. The van der Waals surface area contributed by atoms with Gasteiger partial charge in [0.2, 0.25) is 0 Å². The van der Waals surface area contributed by atoms with Crippen LogP contribution in [-0.2, 0) is 11.0 Å². The topological polar surface area (TPSA) is 118 Å². The van der Waals surface area contributed by atoms with E-state index in [0.717, 1.165) is 25.2 Å². The zero-order chi connectivity index (χ0) is 24.2. The molecule has 0 radical (unpaired) electrons. The minimum absolute atomic E-state index is 0.0322. The van der Waals surface area contributed by atoms with Crippen LogP contribution in [0.25, 0.3) is 0 Å². The highest BCUT2D eigenvalue weighted by molar-refractivity contribution is 6.36. The Morgan fingerprint density at radius 1 is 1.09 bits per heavy atom. The normalized spacial score (nSPS) is 16.1. The quantitative estimate of drug-likeness (QED) is 0.296. The third kappa shape index (κ3) is 6.46. The van der Waals surface area contributed by atoms with E-state index in [1.54, 1.807) is 12.1 Å². The number of nitrogens with one attached hydrogen (secondary N) is 3. The van der Waals surface area contributed by atoms with Crippen molar-refractivity contribution in [3.05, 3.63) is 74.9 Å². The van der Waals surface area contributed by atoms with Gasteiger partial charge in [0.25, 0.3) is 5.91 Å². The highest BCUT2D eigenvalue weighted by atomic mass is 35.5. The Kier molecular flexibility index (Phi) is 7.98. The average Bonchev–Trinajstić information content (AvgIpc) is 3.27. The smallest absolute Gasteiger partial charge is 0.394 e. The van der Waals surface area contributed by atoms with Crippen molar-refractivity contribution in [2.45, 2.75) is 12.5 Å². The maximum Gasteiger partial charge on any atom is 0.416 e. The predicted molar refractivity (Wildman–Crippen MR) is 122 cm³/mol. The van der Waals surface area contributed by atoms with Gasteiger partial charge >= 0.3 is 6.18 Å². The molecule has 1 aliphatic heterocycles. The van der Waals surface area contributed by atoms with Crippen molar-refractivity contribution in [1.82, 2.24) is 16.0 Å². The zero-order valence-corrected chi connectivity index (χ0v) is 18.7. The Hall–Kier alpha value is -2.63. The van der Waals surface area contributed by atoms with Crippen LogP contribution in [0.15, 0.2) is 58.7 Å². The number of nitrogens with zero attached hydrogens (tertiary/aromatic N) is 1. The molecule has 0 unspecified atom stereocenters. The summed E-state index contributed by atoms with van der Waals surface area (Å²) in [6.45, 7) is 1.48. The summed E-state index contributed by atoms with van der Waals surface area (Å²) >= 11 is 12.2. The van der Waals surface area contributed by atoms with Crippen LogP contribution in [0.5, 0.6) is 0 Å². The molecular weight excluding hydrogens is 480 g/mol. The molecule has 2 aromatic rings. The average molecular weight is 501 g/mol. The molecule has 1 fully saturated rings. The lowest BCUT2D eigenvalue weighted by Gasteiger charge is -2.19. The molecule has 2 aromatic carbocycles. The van der Waals surface area contributed by atoms with Crippen LogP contribution in [0.2, 0.25) is 10.0 Å². The second-order valence-electron chi connectivity index (χ2n) is 7.11. The van der Waals surface area contributed by atoms with Gasteiger partial charge in [-0.25, -0.2) is 4.99 Å². The van der Waals surface area contributed by atoms with Crippen LogP contribution >= 0.6 is 23.2 Å². The van der Waals surface area contributed by atoms with Gasteiger partial charge < -0.3 is 11.5 Å². The SMILES string of the molecule is NC(=O)C(N)=C(CNC1NCCN1)C(=Nc1ccc(Cl)cc1Cl)c1ccc(C(F)(F)F)cc1. The van der Waals surface area contributed by atoms with Crippen LogP contribution < -0.4 is 27.4 Å². The molecule has 0 aliphatic carbocycles. The fourth-order valence-electron chi connectivity index (χ4n) is 3.12. The molecule has 7 nitrogen and oxygen atoms in total. The summed E-state index contributed by atoms with van der Waals surface area (Å²) in [6.07, 6.45) is -4.78. The van der Waals surface area contributed by atoms with Crippen LogP contribution in [0.4, 0.5) is 18.9 Å². The van der Waals surface area contributed by atoms with E-state index in [2.05, 4.69) is 20.9 Å². The monoisotopic (exact) mass is 500 g/mol. The van der Waals surface area contributed by atoms with Gasteiger partial charge in [-0.15, -0.1) is 0 Å². The molecule has 7 N–H and O–H groups in total. The Balaban J connectivity index is 2.12. The van der Waals surface area contributed by atoms with Crippen LogP contribution in [0.3, 0.4) is 0 Å². The molecule has 0 bridgehead atoms. The summed E-state index contributed by atoms with van der Waals surface area (Å²) in [5.74, 6) is -0.902. The number of amides is 1. The number of rotatable bonds is 7. The maximum absolute atomic E-state index is 13.1. The third-order valence-electron chi connectivity index (χ3n) is 4.81. The second kappa shape index (κ2) is 10.5. The van der Waals surface area contributed by atoms with E-state index >= 15 is 0 Å². The fourth-order valence-corrected chi connectivity index (χ4v) is 3.58. The standard InChI is InChI=1S/C21H21Cl2F3N6O/c22-13-5-6-16(15(23)9-13)32-18(11-1-3-12(4-2-11)21(24,25)26)14(17(27)19(28)33)10-31-20-29-7-8-30-20/h1-6,9,20,29-31H,7-8,10,27H2,(H2,28,33). The van der Waals surface area contributed by atoms with Gasteiger partial charge in [0.05, 0.1) is 22.0 Å². The van der Waals surface area contributed by atoms with Gasteiger partial charge in [-0.05, 0) is 30.3 Å². The van der Waals surface area contributed by atoms with Crippen molar-refractivity contribution < 1.29 is 18.0 Å². The van der Waals surface area contributed by atoms with Gasteiger partial charge in [-0.3, -0.25) is 20.7 Å². The minimum atomic E-state index is -4.51. The summed E-state index contributed by atoms with van der Waals surface area (Å²) in [5.41, 5.74) is 11.2. The van der Waals surface area contributed by atoms with Gasteiger partial charge in [0, 0.05) is 35.8 Å². The molecule has 176 valence electrons. The molecule has 33 heavy (non-hydrogen) atoms. The number of alkyl halides is 3. The first-order valence-electron chi connectivity index (χ1n) is 9.76. The second-order valence-corrected chi connectivity index (χ2v) is 7.95. The number of primary amides is 1. The maximum atomic E-state index is 13.1. The molecule has 1 aliphatic rings. The lowest BCUT2D eigenvalue weighted by atomic mass is 9.98. The number of halogens is 5. The Morgan fingerprint density at radius 2 is 1.73 bits per heavy atom. The van der Waals surface area contributed by atoms with Crippen molar-refractivity contribution in [2.75, 3.05) is 19.6 Å². The van der Waals surface area contributed by atoms with Crippen LogP contribution in [-0.4, -0.2) is 37.5 Å². The Morgan fingerprint density at radius 3 is 2.27 bits per heavy atom. The molecule has 0 saturated carbocycles. The van der Waals surface area contributed by atoms with E-state index in [4.69, 9.17) is 34.7 Å². The van der Waals surface area contributed by atoms with Gasteiger partial charge in [-0.1, -0.05) is 35.3 Å². The highest BCUT2D eigenvalue weighted by Crippen LogP contribution is 2.32.